The van der Waals surface area contributed by atoms with Crippen LogP contribution in [0.25, 0.3) is 10.8 Å². The second-order valence-electron chi connectivity index (χ2n) is 8.17. The maximum Gasteiger partial charge on any atom is 0.269 e. The number of hydrogen-bond acceptors (Lipinski definition) is 5. The second-order valence-corrected chi connectivity index (χ2v) is 10.2. The van der Waals surface area contributed by atoms with E-state index in [1.54, 1.807) is 16.7 Å². The molecule has 0 aliphatic carbocycles. The van der Waals surface area contributed by atoms with E-state index in [0.717, 1.165) is 37.2 Å². The fraction of sp³-hybridized carbons (Fsp3) is 0.0714. The number of hydrogen-bond donors (Lipinski definition) is 0. The van der Waals surface area contributed by atoms with Crippen LogP contribution in [-0.2, 0) is 11.3 Å². The van der Waals surface area contributed by atoms with Crippen LogP contribution in [0, 0.1) is 0 Å². The minimum atomic E-state index is -0.00412. The van der Waals surface area contributed by atoms with Crippen molar-refractivity contribution in [1.82, 2.24) is 4.90 Å². The Morgan fingerprint density at radius 1 is 0.794 bits per heavy atom. The van der Waals surface area contributed by atoms with Crippen molar-refractivity contribution >= 4 is 56.7 Å². The highest BCUT2D eigenvalue weighted by molar-refractivity contribution is 8.19. The summed E-state index contributed by atoms with van der Waals surface area (Å²) in [7, 11) is 2.02. The summed E-state index contributed by atoms with van der Waals surface area (Å²) in [6.07, 6.45) is 0. The molecule has 0 radical (unpaired) electrons. The van der Waals surface area contributed by atoms with Gasteiger partial charge in [0.05, 0.1) is 22.9 Å². The zero-order valence-electron chi connectivity index (χ0n) is 18.5. The number of nitrogens with zero attached hydrogens (tertiary/aromatic N) is 3. The Bertz CT molecular complexity index is 1480. The minimum Gasteiger partial charge on any atom is -0.337 e. The zero-order valence-corrected chi connectivity index (χ0v) is 20.1. The van der Waals surface area contributed by atoms with Crippen LogP contribution in [0.3, 0.4) is 0 Å². The van der Waals surface area contributed by atoms with Crippen molar-refractivity contribution in [3.05, 3.63) is 113 Å². The van der Waals surface area contributed by atoms with Crippen molar-refractivity contribution in [1.29, 1.82) is 0 Å². The smallest absolute Gasteiger partial charge is 0.269 e. The van der Waals surface area contributed by atoms with Crippen molar-refractivity contribution in [2.75, 3.05) is 11.9 Å². The number of aliphatic imine (C=N–C) groups is 1. The van der Waals surface area contributed by atoms with E-state index in [-0.39, 0.29) is 5.91 Å². The number of rotatable bonds is 3. The van der Waals surface area contributed by atoms with Gasteiger partial charge in [-0.15, -0.1) is 0 Å². The third-order valence-corrected chi connectivity index (χ3v) is 8.37. The normalized spacial score (nSPS) is 18.9. The first-order valence-electron chi connectivity index (χ1n) is 11.0. The number of anilines is 1. The predicted octanol–water partition coefficient (Wildman–Crippen LogP) is 7.01. The molecule has 0 unspecified atom stereocenters. The standard InChI is InChI=1S/C28H21N3OS2/c1-30-23-13-7-8-14-24(23)33-27(30)25-26(32)31(18-19-9-3-2-4-10-19)28(34-25)29-22-16-15-20-11-5-6-12-21(20)17-22/h2-17H,18H2,1H3. The third-order valence-electron chi connectivity index (χ3n) is 5.94. The predicted molar refractivity (Wildman–Crippen MR) is 143 cm³/mol. The van der Waals surface area contributed by atoms with Gasteiger partial charge < -0.3 is 4.90 Å². The van der Waals surface area contributed by atoms with Crippen LogP contribution < -0.4 is 4.90 Å². The molecule has 1 fully saturated rings. The molecule has 2 aliphatic heterocycles. The van der Waals surface area contributed by atoms with Crippen molar-refractivity contribution in [3.8, 4) is 0 Å². The van der Waals surface area contributed by atoms with E-state index in [0.29, 0.717) is 11.7 Å². The van der Waals surface area contributed by atoms with Crippen LogP contribution in [0.2, 0.25) is 0 Å². The Kier molecular flexibility index (Phi) is 5.40. The molecule has 6 heteroatoms. The molecule has 4 aromatic rings. The van der Waals surface area contributed by atoms with Crippen molar-refractivity contribution < 1.29 is 4.79 Å². The first-order chi connectivity index (χ1) is 16.7. The van der Waals surface area contributed by atoms with E-state index in [4.69, 9.17) is 4.99 Å². The third kappa shape index (κ3) is 3.79. The number of carbonyl (C=O) groups excluding carboxylic acids is 1. The number of para-hydroxylation sites is 1. The molecule has 2 aliphatic rings. The van der Waals surface area contributed by atoms with E-state index >= 15 is 0 Å². The lowest BCUT2D eigenvalue weighted by Crippen LogP contribution is -2.29. The van der Waals surface area contributed by atoms with Gasteiger partial charge >= 0.3 is 0 Å². The Labute approximate surface area is 207 Å². The van der Waals surface area contributed by atoms with Gasteiger partial charge in [-0.3, -0.25) is 9.69 Å². The number of carbonyl (C=O) groups is 1. The molecule has 1 amide bonds. The molecule has 0 atom stereocenters. The zero-order chi connectivity index (χ0) is 23.1. The molecular weight excluding hydrogens is 458 g/mol. The van der Waals surface area contributed by atoms with Crippen molar-refractivity contribution in [3.63, 3.8) is 0 Å². The van der Waals surface area contributed by atoms with Gasteiger partial charge in [0.1, 0.15) is 4.91 Å². The van der Waals surface area contributed by atoms with Crippen molar-refractivity contribution in [2.45, 2.75) is 11.4 Å². The van der Waals surface area contributed by atoms with Crippen LogP contribution in [-0.4, -0.2) is 23.0 Å². The summed E-state index contributed by atoms with van der Waals surface area (Å²) in [5.74, 6) is -0.00412. The number of fused-ring (bicyclic) bond motifs is 2. The number of amides is 1. The van der Waals surface area contributed by atoms with Crippen LogP contribution in [0.15, 0.2) is 117 Å². The highest BCUT2D eigenvalue weighted by Gasteiger charge is 2.39. The molecule has 0 spiro atoms. The summed E-state index contributed by atoms with van der Waals surface area (Å²) in [6, 6.07) is 32.7. The van der Waals surface area contributed by atoms with Gasteiger partial charge in [-0.05, 0) is 52.4 Å². The molecule has 4 aromatic carbocycles. The Hall–Kier alpha value is -3.48. The van der Waals surface area contributed by atoms with E-state index in [9.17, 15) is 4.79 Å². The molecular formula is C28H21N3OS2. The highest BCUT2D eigenvalue weighted by Crippen LogP contribution is 2.50. The van der Waals surface area contributed by atoms with Gasteiger partial charge in [0.15, 0.2) is 5.17 Å². The molecule has 0 aromatic heterocycles. The topological polar surface area (TPSA) is 35.9 Å². The van der Waals surface area contributed by atoms with E-state index in [1.165, 1.54) is 17.1 Å². The maximum atomic E-state index is 13.7. The van der Waals surface area contributed by atoms with Gasteiger partial charge in [-0.2, -0.15) is 0 Å². The maximum absolute atomic E-state index is 13.7. The van der Waals surface area contributed by atoms with Crippen LogP contribution in [0.4, 0.5) is 11.4 Å². The van der Waals surface area contributed by atoms with Crippen LogP contribution in [0.5, 0.6) is 0 Å². The largest absolute Gasteiger partial charge is 0.337 e. The first kappa shape index (κ1) is 21.1. The quantitative estimate of drug-likeness (QED) is 0.296. The molecule has 4 nitrogen and oxygen atoms in total. The summed E-state index contributed by atoms with van der Waals surface area (Å²) in [5.41, 5.74) is 3.04. The average molecular weight is 480 g/mol. The molecule has 0 N–H and O–H groups in total. The summed E-state index contributed by atoms with van der Waals surface area (Å²) < 4.78 is 0. The summed E-state index contributed by atoms with van der Waals surface area (Å²) in [4.78, 5) is 24.5. The fourth-order valence-electron chi connectivity index (χ4n) is 4.18. The molecule has 0 saturated carbocycles. The molecule has 0 bridgehead atoms. The minimum absolute atomic E-state index is 0.00412. The molecule has 6 rings (SSSR count). The number of amidine groups is 1. The summed E-state index contributed by atoms with van der Waals surface area (Å²) >= 11 is 3.11. The molecule has 34 heavy (non-hydrogen) atoms. The Morgan fingerprint density at radius 2 is 1.53 bits per heavy atom. The van der Waals surface area contributed by atoms with Gasteiger partial charge in [0, 0.05) is 11.9 Å². The fourth-order valence-corrected chi connectivity index (χ4v) is 6.52. The highest BCUT2D eigenvalue weighted by atomic mass is 32.2. The summed E-state index contributed by atoms with van der Waals surface area (Å²) in [6.45, 7) is 0.483. The first-order valence-corrected chi connectivity index (χ1v) is 12.7. The lowest BCUT2D eigenvalue weighted by molar-refractivity contribution is -0.122. The monoisotopic (exact) mass is 479 g/mol. The number of thioether (sulfide) groups is 2. The molecule has 166 valence electrons. The van der Waals surface area contributed by atoms with Crippen LogP contribution >= 0.6 is 23.5 Å². The van der Waals surface area contributed by atoms with Crippen molar-refractivity contribution in [2.24, 2.45) is 4.99 Å². The van der Waals surface area contributed by atoms with E-state index in [1.807, 2.05) is 67.7 Å². The van der Waals surface area contributed by atoms with Gasteiger partial charge in [-0.1, -0.05) is 84.6 Å². The van der Waals surface area contributed by atoms with Gasteiger partial charge in [0.25, 0.3) is 5.91 Å². The van der Waals surface area contributed by atoms with E-state index < -0.39 is 0 Å². The van der Waals surface area contributed by atoms with Crippen LogP contribution in [0.1, 0.15) is 5.56 Å². The van der Waals surface area contributed by atoms with Gasteiger partial charge in [-0.25, -0.2) is 4.99 Å². The lowest BCUT2D eigenvalue weighted by Gasteiger charge is -2.17. The van der Waals surface area contributed by atoms with E-state index in [2.05, 4.69) is 41.3 Å². The molecule has 1 saturated heterocycles. The summed E-state index contributed by atoms with van der Waals surface area (Å²) in [5, 5.41) is 3.97. The Morgan fingerprint density at radius 3 is 2.35 bits per heavy atom. The lowest BCUT2D eigenvalue weighted by atomic mass is 10.1. The SMILES string of the molecule is CN1C(=C2SC(=Nc3ccc4ccccc4c3)N(Cc3ccccc3)C2=O)Sc2ccccc21. The Balaban J connectivity index is 1.42. The van der Waals surface area contributed by atoms with Gasteiger partial charge in [0.2, 0.25) is 0 Å². The number of benzene rings is 4. The average Bonchev–Trinajstić information content (AvgIpc) is 3.36. The second kappa shape index (κ2) is 8.70. The molecule has 2 heterocycles.